The lowest BCUT2D eigenvalue weighted by Crippen LogP contribution is -1.86. The van der Waals surface area contributed by atoms with Crippen LogP contribution in [0.15, 0.2) is 53.5 Å². The van der Waals surface area contributed by atoms with Crippen molar-refractivity contribution in [1.29, 1.82) is 0 Å². The highest BCUT2D eigenvalue weighted by Gasteiger charge is 1.96. The summed E-state index contributed by atoms with van der Waals surface area (Å²) in [5, 5.41) is 0. The molecule has 0 saturated heterocycles. The largest absolute Gasteiger partial charge is 0.497 e. The molecule has 0 aromatic heterocycles. The standard InChI is InChI=1S/C24H33NO/c1-3-4-5-6-7-8-9-10-11-21-12-16-23(17-13-21)25-20-22-14-18-24(26-2)19-15-22/h12-20H,3-11H2,1-2H3. The lowest BCUT2D eigenvalue weighted by atomic mass is 10.0. The van der Waals surface area contributed by atoms with E-state index in [2.05, 4.69) is 36.2 Å². The summed E-state index contributed by atoms with van der Waals surface area (Å²) in [6.45, 7) is 2.27. The Morgan fingerprint density at radius 3 is 2.00 bits per heavy atom. The first-order valence-corrected chi connectivity index (χ1v) is 10.1. The maximum absolute atomic E-state index is 5.17. The Morgan fingerprint density at radius 1 is 0.769 bits per heavy atom. The van der Waals surface area contributed by atoms with Gasteiger partial charge in [0.2, 0.25) is 0 Å². The van der Waals surface area contributed by atoms with Crippen molar-refractivity contribution in [3.63, 3.8) is 0 Å². The molecule has 0 aliphatic heterocycles. The number of benzene rings is 2. The van der Waals surface area contributed by atoms with Gasteiger partial charge >= 0.3 is 0 Å². The number of unbranched alkanes of at least 4 members (excludes halogenated alkanes) is 7. The van der Waals surface area contributed by atoms with Crippen molar-refractivity contribution in [2.45, 2.75) is 64.7 Å². The Morgan fingerprint density at radius 2 is 1.38 bits per heavy atom. The normalized spacial score (nSPS) is 11.2. The van der Waals surface area contributed by atoms with Gasteiger partial charge in [-0.15, -0.1) is 0 Å². The summed E-state index contributed by atoms with van der Waals surface area (Å²) in [5.74, 6) is 0.868. The van der Waals surface area contributed by atoms with E-state index in [1.54, 1.807) is 7.11 Å². The Hall–Kier alpha value is -2.09. The van der Waals surface area contributed by atoms with E-state index in [0.717, 1.165) is 17.0 Å². The van der Waals surface area contributed by atoms with Gasteiger partial charge in [-0.3, -0.25) is 4.99 Å². The maximum Gasteiger partial charge on any atom is 0.118 e. The lowest BCUT2D eigenvalue weighted by molar-refractivity contribution is 0.415. The molecule has 0 N–H and O–H groups in total. The van der Waals surface area contributed by atoms with Gasteiger partial charge in [-0.1, -0.05) is 64.0 Å². The number of nitrogens with zero attached hydrogens (tertiary/aromatic N) is 1. The summed E-state index contributed by atoms with van der Waals surface area (Å²) < 4.78 is 5.17. The fourth-order valence-corrected chi connectivity index (χ4v) is 3.05. The van der Waals surface area contributed by atoms with Gasteiger partial charge in [0, 0.05) is 6.21 Å². The van der Waals surface area contributed by atoms with Gasteiger partial charge in [0.1, 0.15) is 5.75 Å². The fraction of sp³-hybridized carbons (Fsp3) is 0.458. The molecule has 0 unspecified atom stereocenters. The summed E-state index contributed by atoms with van der Waals surface area (Å²) in [7, 11) is 1.68. The zero-order valence-corrected chi connectivity index (χ0v) is 16.4. The monoisotopic (exact) mass is 351 g/mol. The van der Waals surface area contributed by atoms with Gasteiger partial charge in [0.15, 0.2) is 0 Å². The molecule has 0 spiro atoms. The molecule has 0 aliphatic rings. The molecule has 0 atom stereocenters. The molecule has 140 valence electrons. The van der Waals surface area contributed by atoms with Gasteiger partial charge in [0.05, 0.1) is 12.8 Å². The fourth-order valence-electron chi connectivity index (χ4n) is 3.05. The highest BCUT2D eigenvalue weighted by Crippen LogP contribution is 2.17. The third-order valence-electron chi connectivity index (χ3n) is 4.73. The predicted octanol–water partition coefficient (Wildman–Crippen LogP) is 7.13. The lowest BCUT2D eigenvalue weighted by Gasteiger charge is -2.03. The average molecular weight is 352 g/mol. The molecule has 2 nitrogen and oxygen atoms in total. The van der Waals surface area contributed by atoms with E-state index in [-0.39, 0.29) is 0 Å². The molecular formula is C24H33NO. The second-order valence-electron chi connectivity index (χ2n) is 6.92. The van der Waals surface area contributed by atoms with Crippen molar-refractivity contribution in [1.82, 2.24) is 0 Å². The van der Waals surface area contributed by atoms with E-state index < -0.39 is 0 Å². The molecule has 2 aromatic carbocycles. The van der Waals surface area contributed by atoms with Crippen molar-refractivity contribution in [2.75, 3.05) is 7.11 Å². The van der Waals surface area contributed by atoms with Crippen molar-refractivity contribution >= 4 is 11.9 Å². The number of rotatable bonds is 12. The van der Waals surface area contributed by atoms with E-state index >= 15 is 0 Å². The highest BCUT2D eigenvalue weighted by molar-refractivity contribution is 5.82. The number of ether oxygens (including phenoxy) is 1. The predicted molar refractivity (Wildman–Crippen MR) is 113 cm³/mol. The van der Waals surface area contributed by atoms with Crippen LogP contribution >= 0.6 is 0 Å². The van der Waals surface area contributed by atoms with Gasteiger partial charge in [-0.2, -0.15) is 0 Å². The molecule has 0 fully saturated rings. The molecule has 2 rings (SSSR count). The summed E-state index contributed by atoms with van der Waals surface area (Å²) in [6, 6.07) is 16.6. The Kier molecular flexibility index (Phi) is 9.56. The third kappa shape index (κ3) is 7.86. The SMILES string of the molecule is CCCCCCCCCCc1ccc(N=Cc2ccc(OC)cc2)cc1. The first-order valence-electron chi connectivity index (χ1n) is 10.1. The number of aryl methyl sites for hydroxylation is 1. The van der Waals surface area contributed by atoms with E-state index in [1.807, 2.05) is 30.5 Å². The third-order valence-corrected chi connectivity index (χ3v) is 4.73. The van der Waals surface area contributed by atoms with Crippen molar-refractivity contribution in [3.8, 4) is 5.75 Å². The molecule has 0 saturated carbocycles. The van der Waals surface area contributed by atoms with Gasteiger partial charge < -0.3 is 4.74 Å². The van der Waals surface area contributed by atoms with E-state index in [9.17, 15) is 0 Å². The minimum Gasteiger partial charge on any atom is -0.497 e. The zero-order chi connectivity index (χ0) is 18.5. The van der Waals surface area contributed by atoms with Crippen LogP contribution in [0.4, 0.5) is 5.69 Å². The highest BCUT2D eigenvalue weighted by atomic mass is 16.5. The minimum atomic E-state index is 0.868. The van der Waals surface area contributed by atoms with Crippen LogP contribution in [0, 0.1) is 0 Å². The molecule has 2 aromatic rings. The number of hydrogen-bond donors (Lipinski definition) is 0. The molecule has 0 heterocycles. The van der Waals surface area contributed by atoms with Crippen molar-refractivity contribution < 1.29 is 4.74 Å². The maximum atomic E-state index is 5.17. The van der Waals surface area contributed by atoms with Crippen LogP contribution in [0.5, 0.6) is 5.75 Å². The van der Waals surface area contributed by atoms with Crippen LogP contribution in [0.3, 0.4) is 0 Å². The quantitative estimate of drug-likeness (QED) is 0.294. The Labute approximate surface area is 159 Å². The molecule has 0 amide bonds. The van der Waals surface area contributed by atoms with Crippen LogP contribution in [0.25, 0.3) is 0 Å². The van der Waals surface area contributed by atoms with E-state index in [4.69, 9.17) is 4.74 Å². The smallest absolute Gasteiger partial charge is 0.118 e. The van der Waals surface area contributed by atoms with Crippen LogP contribution in [0.1, 0.15) is 69.4 Å². The van der Waals surface area contributed by atoms with Crippen LogP contribution in [-0.2, 0) is 6.42 Å². The molecule has 0 aliphatic carbocycles. The van der Waals surface area contributed by atoms with E-state index in [1.165, 1.54) is 63.4 Å². The first-order chi connectivity index (χ1) is 12.8. The summed E-state index contributed by atoms with van der Waals surface area (Å²) in [6.07, 6.45) is 14.1. The zero-order valence-electron chi connectivity index (χ0n) is 16.4. The summed E-state index contributed by atoms with van der Waals surface area (Å²) in [4.78, 5) is 4.55. The molecule has 26 heavy (non-hydrogen) atoms. The molecule has 0 bridgehead atoms. The second-order valence-corrected chi connectivity index (χ2v) is 6.92. The first kappa shape index (κ1) is 20.2. The number of aliphatic imine (C=N–C) groups is 1. The van der Waals surface area contributed by atoms with Crippen molar-refractivity contribution in [2.24, 2.45) is 4.99 Å². The van der Waals surface area contributed by atoms with Crippen molar-refractivity contribution in [3.05, 3.63) is 59.7 Å². The average Bonchev–Trinajstić information content (AvgIpc) is 2.69. The second kappa shape index (κ2) is 12.3. The number of hydrogen-bond acceptors (Lipinski definition) is 2. The minimum absolute atomic E-state index is 0.868. The Balaban J connectivity index is 1.68. The van der Waals surface area contributed by atoms with Crippen LogP contribution < -0.4 is 4.74 Å². The van der Waals surface area contributed by atoms with Gasteiger partial charge in [-0.05, 0) is 60.4 Å². The summed E-state index contributed by atoms with van der Waals surface area (Å²) >= 11 is 0. The number of methoxy groups -OCH3 is 1. The molecule has 0 radical (unpaired) electrons. The van der Waals surface area contributed by atoms with Crippen LogP contribution in [-0.4, -0.2) is 13.3 Å². The Bertz CT molecular complexity index is 628. The van der Waals surface area contributed by atoms with Gasteiger partial charge in [0.25, 0.3) is 0 Å². The summed E-state index contributed by atoms with van der Waals surface area (Å²) in [5.41, 5.74) is 3.49. The van der Waals surface area contributed by atoms with Gasteiger partial charge in [-0.25, -0.2) is 0 Å². The molecule has 2 heteroatoms. The topological polar surface area (TPSA) is 21.6 Å². The molecular weight excluding hydrogens is 318 g/mol. The van der Waals surface area contributed by atoms with E-state index in [0.29, 0.717) is 0 Å². The van der Waals surface area contributed by atoms with Crippen LogP contribution in [0.2, 0.25) is 0 Å².